The lowest BCUT2D eigenvalue weighted by Crippen LogP contribution is -2.44. The minimum atomic E-state index is -0.551. The van der Waals surface area contributed by atoms with Crippen molar-refractivity contribution in [1.29, 1.82) is 0 Å². The van der Waals surface area contributed by atoms with E-state index in [1.807, 2.05) is 30.3 Å². The van der Waals surface area contributed by atoms with Crippen LogP contribution in [0.2, 0.25) is 0 Å². The zero-order valence-electron chi connectivity index (χ0n) is 20.1. The molecule has 5 heteroatoms. The highest BCUT2D eigenvalue weighted by molar-refractivity contribution is 5.99. The number of anilines is 1. The van der Waals surface area contributed by atoms with Gasteiger partial charge in [0, 0.05) is 31.5 Å². The maximum absolute atomic E-state index is 13.5. The van der Waals surface area contributed by atoms with Gasteiger partial charge in [0.15, 0.2) is 0 Å². The number of hydrogen-bond acceptors (Lipinski definition) is 4. The van der Waals surface area contributed by atoms with Crippen LogP contribution in [0.25, 0.3) is 0 Å². The third-order valence-electron chi connectivity index (χ3n) is 7.26. The molecule has 1 atom stereocenters. The standard InChI is InChI=1S/C28H38N2O3/c1-22-7-5-9-24(21-22)28(14-19-32-20-15-28)27(31)29-25-10-12-26(13-11-25)33-18-6-17-30-16-4-3-8-23(30)2/h5,7,9-13,21,23H,3-4,6,8,14-20H2,1-2H3,(H,29,31)/t23-/m1/s1. The van der Waals surface area contributed by atoms with E-state index in [0.717, 1.165) is 30.0 Å². The number of hydrogen-bond donors (Lipinski definition) is 1. The number of nitrogens with zero attached hydrogens (tertiary/aromatic N) is 1. The smallest absolute Gasteiger partial charge is 0.235 e. The number of aryl methyl sites for hydroxylation is 1. The molecule has 2 aromatic rings. The number of carbonyl (C=O) groups excluding carboxylic acids is 1. The van der Waals surface area contributed by atoms with Gasteiger partial charge in [-0.25, -0.2) is 0 Å². The highest BCUT2D eigenvalue weighted by atomic mass is 16.5. The average Bonchev–Trinajstić information content (AvgIpc) is 2.84. The molecular weight excluding hydrogens is 412 g/mol. The highest BCUT2D eigenvalue weighted by Gasteiger charge is 2.41. The van der Waals surface area contributed by atoms with Crippen LogP contribution in [0.4, 0.5) is 5.69 Å². The molecule has 0 spiro atoms. The Morgan fingerprint density at radius 3 is 2.67 bits per heavy atom. The number of likely N-dealkylation sites (tertiary alicyclic amines) is 1. The van der Waals surface area contributed by atoms with Crippen LogP contribution in [-0.2, 0) is 14.9 Å². The van der Waals surface area contributed by atoms with Gasteiger partial charge in [0.1, 0.15) is 5.75 Å². The SMILES string of the molecule is Cc1cccc(C2(C(=O)Nc3ccc(OCCCN4CCCC[C@H]4C)cc3)CCOCC2)c1. The number of benzene rings is 2. The molecule has 0 unspecified atom stereocenters. The first-order chi connectivity index (χ1) is 16.1. The second-order valence-electron chi connectivity index (χ2n) is 9.63. The van der Waals surface area contributed by atoms with Gasteiger partial charge in [0.2, 0.25) is 5.91 Å². The van der Waals surface area contributed by atoms with Gasteiger partial charge in [-0.05, 0) is 82.3 Å². The summed E-state index contributed by atoms with van der Waals surface area (Å²) in [5, 5.41) is 3.16. The summed E-state index contributed by atoms with van der Waals surface area (Å²) in [7, 11) is 0. The van der Waals surface area contributed by atoms with Crippen LogP contribution in [0.3, 0.4) is 0 Å². The van der Waals surface area contributed by atoms with E-state index in [-0.39, 0.29) is 5.91 Å². The molecule has 2 aromatic carbocycles. The number of carbonyl (C=O) groups is 1. The molecule has 5 nitrogen and oxygen atoms in total. The molecule has 0 saturated carbocycles. The van der Waals surface area contributed by atoms with Crippen molar-refractivity contribution in [1.82, 2.24) is 4.90 Å². The average molecular weight is 451 g/mol. The second kappa shape index (κ2) is 11.2. The molecule has 1 N–H and O–H groups in total. The van der Waals surface area contributed by atoms with Gasteiger partial charge >= 0.3 is 0 Å². The molecule has 2 saturated heterocycles. The largest absolute Gasteiger partial charge is 0.494 e. The molecule has 33 heavy (non-hydrogen) atoms. The van der Waals surface area contributed by atoms with Gasteiger partial charge in [-0.1, -0.05) is 36.2 Å². The van der Waals surface area contributed by atoms with E-state index in [4.69, 9.17) is 9.47 Å². The normalized spacial score (nSPS) is 20.8. The number of rotatable bonds is 8. The Hall–Kier alpha value is -2.37. The van der Waals surface area contributed by atoms with Crippen LogP contribution in [0.5, 0.6) is 5.75 Å². The van der Waals surface area contributed by atoms with Crippen LogP contribution < -0.4 is 10.1 Å². The summed E-state index contributed by atoms with van der Waals surface area (Å²) >= 11 is 0. The van der Waals surface area contributed by atoms with Crippen LogP contribution >= 0.6 is 0 Å². The Balaban J connectivity index is 1.32. The highest BCUT2D eigenvalue weighted by Crippen LogP contribution is 2.36. The van der Waals surface area contributed by atoms with E-state index in [1.54, 1.807) is 0 Å². The maximum atomic E-state index is 13.5. The molecule has 0 aromatic heterocycles. The van der Waals surface area contributed by atoms with Gasteiger partial charge in [-0.3, -0.25) is 4.79 Å². The van der Waals surface area contributed by atoms with Crippen molar-refractivity contribution in [3.8, 4) is 5.75 Å². The van der Waals surface area contributed by atoms with Gasteiger partial charge < -0.3 is 19.7 Å². The molecule has 4 rings (SSSR count). The second-order valence-corrected chi connectivity index (χ2v) is 9.63. The molecule has 2 aliphatic rings. The van der Waals surface area contributed by atoms with Crippen molar-refractivity contribution in [2.24, 2.45) is 0 Å². The van der Waals surface area contributed by atoms with E-state index in [9.17, 15) is 4.79 Å². The van der Waals surface area contributed by atoms with E-state index in [1.165, 1.54) is 31.4 Å². The Kier molecular flexibility index (Phi) is 8.05. The molecule has 2 aliphatic heterocycles. The van der Waals surface area contributed by atoms with E-state index < -0.39 is 5.41 Å². The molecule has 0 aliphatic carbocycles. The molecule has 178 valence electrons. The summed E-state index contributed by atoms with van der Waals surface area (Å²) < 4.78 is 11.5. The van der Waals surface area contributed by atoms with Crippen LogP contribution in [0.15, 0.2) is 48.5 Å². The predicted molar refractivity (Wildman–Crippen MR) is 133 cm³/mol. The van der Waals surface area contributed by atoms with Gasteiger partial charge in [-0.15, -0.1) is 0 Å². The minimum absolute atomic E-state index is 0.0423. The fourth-order valence-electron chi connectivity index (χ4n) is 5.14. The van der Waals surface area contributed by atoms with Crippen molar-refractivity contribution in [2.75, 3.05) is 38.2 Å². The first-order valence-corrected chi connectivity index (χ1v) is 12.5. The fraction of sp³-hybridized carbons (Fsp3) is 0.536. The predicted octanol–water partition coefficient (Wildman–Crippen LogP) is 5.33. The van der Waals surface area contributed by atoms with Crippen molar-refractivity contribution in [3.63, 3.8) is 0 Å². The van der Waals surface area contributed by atoms with Crippen molar-refractivity contribution in [2.45, 2.75) is 63.8 Å². The van der Waals surface area contributed by atoms with E-state index in [0.29, 0.717) is 38.7 Å². The molecule has 2 heterocycles. The first-order valence-electron chi connectivity index (χ1n) is 12.5. The summed E-state index contributed by atoms with van der Waals surface area (Å²) in [4.78, 5) is 16.0. The quantitative estimate of drug-likeness (QED) is 0.553. The summed E-state index contributed by atoms with van der Waals surface area (Å²) in [6.07, 6.45) is 6.40. The molecule has 2 fully saturated rings. The monoisotopic (exact) mass is 450 g/mol. The maximum Gasteiger partial charge on any atom is 0.235 e. The lowest BCUT2D eigenvalue weighted by molar-refractivity contribution is -0.125. The minimum Gasteiger partial charge on any atom is -0.494 e. The molecule has 0 bridgehead atoms. The third-order valence-corrected chi connectivity index (χ3v) is 7.26. The Labute approximate surface area is 198 Å². The molecular formula is C28H38N2O3. The lowest BCUT2D eigenvalue weighted by Gasteiger charge is -2.36. The van der Waals surface area contributed by atoms with Gasteiger partial charge in [-0.2, -0.15) is 0 Å². The molecule has 1 amide bonds. The topological polar surface area (TPSA) is 50.8 Å². The van der Waals surface area contributed by atoms with Gasteiger partial charge in [0.05, 0.1) is 12.0 Å². The van der Waals surface area contributed by atoms with E-state index >= 15 is 0 Å². The summed E-state index contributed by atoms with van der Waals surface area (Å²) in [5.41, 5.74) is 2.49. The molecule has 0 radical (unpaired) electrons. The zero-order chi connectivity index (χ0) is 23.1. The number of amides is 1. The van der Waals surface area contributed by atoms with Crippen molar-refractivity contribution < 1.29 is 14.3 Å². The van der Waals surface area contributed by atoms with Crippen LogP contribution in [0, 0.1) is 6.92 Å². The zero-order valence-corrected chi connectivity index (χ0v) is 20.1. The first kappa shape index (κ1) is 23.8. The number of nitrogens with one attached hydrogen (secondary N) is 1. The number of ether oxygens (including phenoxy) is 2. The Bertz CT molecular complexity index is 906. The fourth-order valence-corrected chi connectivity index (χ4v) is 5.14. The van der Waals surface area contributed by atoms with E-state index in [2.05, 4.69) is 42.3 Å². The summed E-state index contributed by atoms with van der Waals surface area (Å²) in [6, 6.07) is 16.8. The van der Waals surface area contributed by atoms with Crippen molar-refractivity contribution >= 4 is 11.6 Å². The van der Waals surface area contributed by atoms with Crippen LogP contribution in [-0.4, -0.2) is 49.8 Å². The Morgan fingerprint density at radius 2 is 1.94 bits per heavy atom. The number of piperidine rings is 1. The van der Waals surface area contributed by atoms with Gasteiger partial charge in [0.25, 0.3) is 0 Å². The van der Waals surface area contributed by atoms with Crippen molar-refractivity contribution in [3.05, 3.63) is 59.7 Å². The third kappa shape index (κ3) is 5.96. The lowest BCUT2D eigenvalue weighted by atomic mass is 9.73. The van der Waals surface area contributed by atoms with Crippen LogP contribution in [0.1, 0.15) is 56.6 Å². The summed E-state index contributed by atoms with van der Waals surface area (Å²) in [6.45, 7) is 8.63. The Morgan fingerprint density at radius 1 is 1.15 bits per heavy atom. The summed E-state index contributed by atoms with van der Waals surface area (Å²) in [5.74, 6) is 0.889.